The van der Waals surface area contributed by atoms with Gasteiger partial charge in [0, 0.05) is 11.3 Å². The number of nitrogens with zero attached hydrogens (tertiary/aromatic N) is 1. The van der Waals surface area contributed by atoms with E-state index in [1.165, 1.54) is 5.19 Å². The molecule has 0 fully saturated rings. The Morgan fingerprint density at radius 1 is 1.07 bits per heavy atom. The molecule has 3 aromatic rings. The third-order valence-corrected chi connectivity index (χ3v) is 9.10. The Hall–Kier alpha value is -2.22. The van der Waals surface area contributed by atoms with Crippen molar-refractivity contribution in [1.82, 2.24) is 14.9 Å². The molecule has 29 heavy (non-hydrogen) atoms. The van der Waals surface area contributed by atoms with Crippen molar-refractivity contribution in [2.45, 2.75) is 49.8 Å². The Kier molecular flexibility index (Phi) is 5.23. The predicted octanol–water partition coefficient (Wildman–Crippen LogP) is 3.98. The third kappa shape index (κ3) is 4.22. The quantitative estimate of drug-likeness (QED) is 0.607. The van der Waals surface area contributed by atoms with Gasteiger partial charge in [0.05, 0.1) is 25.2 Å². The monoisotopic (exact) mass is 425 g/mol. The summed E-state index contributed by atoms with van der Waals surface area (Å²) >= 11 is 0. The highest BCUT2D eigenvalue weighted by Crippen LogP contribution is 2.30. The van der Waals surface area contributed by atoms with Crippen LogP contribution in [0.25, 0.3) is 11.1 Å². The highest BCUT2D eigenvalue weighted by atomic mass is 32.2. The van der Waals surface area contributed by atoms with Gasteiger partial charge in [-0.3, -0.25) is 5.10 Å². The summed E-state index contributed by atoms with van der Waals surface area (Å²) in [5.74, 6) is 0. The minimum atomic E-state index is -3.60. The second kappa shape index (κ2) is 7.55. The van der Waals surface area contributed by atoms with Crippen molar-refractivity contribution in [1.29, 1.82) is 0 Å². The summed E-state index contributed by atoms with van der Waals surface area (Å²) in [4.78, 5) is 0.290. The Bertz CT molecular complexity index is 1120. The van der Waals surface area contributed by atoms with Crippen molar-refractivity contribution in [2.24, 2.45) is 0 Å². The lowest BCUT2D eigenvalue weighted by Gasteiger charge is -2.23. The minimum Gasteiger partial charge on any atom is -0.282 e. The Balaban J connectivity index is 1.57. The van der Waals surface area contributed by atoms with Crippen LogP contribution in [-0.2, 0) is 16.4 Å². The lowest BCUT2D eigenvalue weighted by atomic mass is 9.94. The molecule has 0 bridgehead atoms. The number of aryl methyl sites for hydroxylation is 1. The van der Waals surface area contributed by atoms with E-state index in [1.807, 2.05) is 12.1 Å². The van der Waals surface area contributed by atoms with Gasteiger partial charge in [0.1, 0.15) is 0 Å². The predicted molar refractivity (Wildman–Crippen MR) is 119 cm³/mol. The first-order valence-electron chi connectivity index (χ1n) is 9.99. The van der Waals surface area contributed by atoms with E-state index in [1.54, 1.807) is 18.3 Å². The molecule has 4 rings (SSSR count). The third-order valence-electron chi connectivity index (χ3n) is 5.57. The van der Waals surface area contributed by atoms with Crippen LogP contribution in [0.2, 0.25) is 19.6 Å². The van der Waals surface area contributed by atoms with Gasteiger partial charge >= 0.3 is 0 Å². The van der Waals surface area contributed by atoms with Gasteiger partial charge in [-0.25, -0.2) is 13.1 Å². The van der Waals surface area contributed by atoms with E-state index in [0.29, 0.717) is 4.90 Å². The fraction of sp³-hybridized carbons (Fsp3) is 0.318. The lowest BCUT2D eigenvalue weighted by Crippen LogP contribution is -2.37. The topological polar surface area (TPSA) is 74.8 Å². The van der Waals surface area contributed by atoms with E-state index in [9.17, 15) is 8.42 Å². The largest absolute Gasteiger partial charge is 0.282 e. The van der Waals surface area contributed by atoms with E-state index in [-0.39, 0.29) is 6.04 Å². The summed E-state index contributed by atoms with van der Waals surface area (Å²) in [5, 5.41) is 8.43. The maximum Gasteiger partial charge on any atom is 0.241 e. The van der Waals surface area contributed by atoms with Gasteiger partial charge in [0.15, 0.2) is 0 Å². The summed E-state index contributed by atoms with van der Waals surface area (Å²) in [6.45, 7) is 6.97. The SMILES string of the molecule is C[Si](C)(C)c1cccc(-c2ccc(S(=O)(=O)N[C@@H]3CCCc4[nH]ncc43)cc2)c1. The van der Waals surface area contributed by atoms with Gasteiger partial charge in [-0.1, -0.05) is 61.2 Å². The number of H-pyrrole nitrogens is 1. The Labute approximate surface area is 173 Å². The van der Waals surface area contributed by atoms with Gasteiger partial charge in [0.25, 0.3) is 0 Å². The number of rotatable bonds is 5. The summed E-state index contributed by atoms with van der Waals surface area (Å²) < 4.78 is 28.7. The van der Waals surface area contributed by atoms with Gasteiger partial charge in [0.2, 0.25) is 10.0 Å². The Morgan fingerprint density at radius 3 is 2.55 bits per heavy atom. The van der Waals surface area contributed by atoms with E-state index in [2.05, 4.69) is 58.8 Å². The van der Waals surface area contributed by atoms with Crippen LogP contribution < -0.4 is 9.91 Å². The minimum absolute atomic E-state index is 0.226. The molecular weight excluding hydrogens is 398 g/mol. The molecule has 5 nitrogen and oxygen atoms in total. The van der Waals surface area contributed by atoms with Crippen LogP contribution in [0, 0.1) is 0 Å². The van der Waals surface area contributed by atoms with Crippen molar-refractivity contribution in [3.8, 4) is 11.1 Å². The van der Waals surface area contributed by atoms with Crippen molar-refractivity contribution in [3.63, 3.8) is 0 Å². The van der Waals surface area contributed by atoms with E-state index in [0.717, 1.165) is 41.6 Å². The average molecular weight is 426 g/mol. The van der Waals surface area contributed by atoms with Crippen LogP contribution in [0.4, 0.5) is 0 Å². The zero-order valence-electron chi connectivity index (χ0n) is 17.1. The van der Waals surface area contributed by atoms with Crippen molar-refractivity contribution in [3.05, 3.63) is 66.0 Å². The zero-order valence-corrected chi connectivity index (χ0v) is 18.9. The van der Waals surface area contributed by atoms with E-state index >= 15 is 0 Å². The molecule has 1 aliphatic carbocycles. The number of sulfonamides is 1. The normalized spacial score (nSPS) is 17.1. The number of aromatic nitrogens is 2. The first-order chi connectivity index (χ1) is 13.7. The molecule has 0 saturated heterocycles. The summed E-state index contributed by atoms with van der Waals surface area (Å²) in [6.07, 6.45) is 4.37. The molecule has 0 amide bonds. The zero-order chi connectivity index (χ0) is 20.6. The molecule has 0 radical (unpaired) electrons. The second-order valence-electron chi connectivity index (χ2n) is 8.73. The van der Waals surface area contributed by atoms with Crippen molar-refractivity contribution < 1.29 is 8.42 Å². The summed E-state index contributed by atoms with van der Waals surface area (Å²) in [5.41, 5.74) is 4.14. The number of hydrogen-bond acceptors (Lipinski definition) is 3. The smallest absolute Gasteiger partial charge is 0.241 e. The number of benzene rings is 2. The maximum absolute atomic E-state index is 12.9. The molecule has 152 valence electrons. The highest BCUT2D eigenvalue weighted by molar-refractivity contribution is 7.89. The number of nitrogens with one attached hydrogen (secondary N) is 2. The fourth-order valence-electron chi connectivity index (χ4n) is 3.83. The molecule has 1 heterocycles. The van der Waals surface area contributed by atoms with Crippen LogP contribution in [-0.4, -0.2) is 26.7 Å². The number of aromatic amines is 1. The molecule has 0 saturated carbocycles. The summed E-state index contributed by atoms with van der Waals surface area (Å²) in [6, 6.07) is 15.5. The molecule has 0 unspecified atom stereocenters. The standard InChI is InChI=1S/C22H27N3O2SSi/c1-29(2,3)19-7-4-6-17(14-19)16-10-12-18(13-11-16)28(26,27)25-22-9-5-8-21-20(22)15-23-24-21/h4,6-7,10-15,22,25H,5,8-9H2,1-3H3,(H,23,24)/t22-/m1/s1. The molecule has 2 N–H and O–H groups in total. The lowest BCUT2D eigenvalue weighted by molar-refractivity contribution is 0.505. The number of hydrogen-bond donors (Lipinski definition) is 2. The summed E-state index contributed by atoms with van der Waals surface area (Å²) in [7, 11) is -5.00. The van der Waals surface area contributed by atoms with Gasteiger partial charge in [-0.15, -0.1) is 0 Å². The van der Waals surface area contributed by atoms with Crippen LogP contribution in [0.5, 0.6) is 0 Å². The van der Waals surface area contributed by atoms with E-state index in [4.69, 9.17) is 0 Å². The van der Waals surface area contributed by atoms with Gasteiger partial charge in [-0.05, 0) is 42.5 Å². The maximum atomic E-state index is 12.9. The van der Waals surface area contributed by atoms with Crippen LogP contribution in [0.3, 0.4) is 0 Å². The van der Waals surface area contributed by atoms with Crippen LogP contribution >= 0.6 is 0 Å². The first-order valence-corrected chi connectivity index (χ1v) is 15.0. The highest BCUT2D eigenvalue weighted by Gasteiger charge is 2.27. The average Bonchev–Trinajstić information content (AvgIpc) is 3.17. The van der Waals surface area contributed by atoms with E-state index < -0.39 is 18.1 Å². The molecule has 1 aromatic heterocycles. The molecular formula is C22H27N3O2SSi. The second-order valence-corrected chi connectivity index (χ2v) is 15.5. The fourth-order valence-corrected chi connectivity index (χ4v) is 6.27. The van der Waals surface area contributed by atoms with Crippen LogP contribution in [0.1, 0.15) is 30.1 Å². The van der Waals surface area contributed by atoms with Crippen molar-refractivity contribution in [2.75, 3.05) is 0 Å². The Morgan fingerprint density at radius 2 is 1.83 bits per heavy atom. The van der Waals surface area contributed by atoms with Crippen molar-refractivity contribution >= 4 is 23.3 Å². The molecule has 7 heteroatoms. The molecule has 1 atom stereocenters. The van der Waals surface area contributed by atoms with Crippen LogP contribution in [0.15, 0.2) is 59.6 Å². The number of fused-ring (bicyclic) bond motifs is 1. The van der Waals surface area contributed by atoms with Gasteiger partial charge in [-0.2, -0.15) is 5.10 Å². The van der Waals surface area contributed by atoms with Gasteiger partial charge < -0.3 is 0 Å². The first kappa shape index (κ1) is 20.1. The molecule has 2 aromatic carbocycles. The molecule has 0 spiro atoms. The molecule has 1 aliphatic rings. The molecule has 0 aliphatic heterocycles.